The average Bonchev–Trinajstić information content (AvgIpc) is 2.85. The molecule has 0 spiro atoms. The van der Waals surface area contributed by atoms with Gasteiger partial charge in [0.15, 0.2) is 0 Å². The monoisotopic (exact) mass is 295 g/mol. The number of nitriles is 1. The minimum absolute atomic E-state index is 0.101. The third-order valence-electron chi connectivity index (χ3n) is 3.58. The van der Waals surface area contributed by atoms with Gasteiger partial charge in [0.05, 0.1) is 5.71 Å². The molecule has 0 radical (unpaired) electrons. The summed E-state index contributed by atoms with van der Waals surface area (Å²) in [5, 5.41) is 13.2. The van der Waals surface area contributed by atoms with Gasteiger partial charge in [-0.05, 0) is 23.3 Å². The number of benzene rings is 1. The van der Waals surface area contributed by atoms with Gasteiger partial charge in [-0.25, -0.2) is 0 Å². The van der Waals surface area contributed by atoms with Crippen LogP contribution in [-0.4, -0.2) is 17.4 Å². The molecule has 0 amide bonds. The fourth-order valence-electron chi connectivity index (χ4n) is 2.43. The lowest BCUT2D eigenvalue weighted by Gasteiger charge is -2.21. The highest BCUT2D eigenvalue weighted by Gasteiger charge is 2.21. The van der Waals surface area contributed by atoms with Crippen LogP contribution < -0.4 is 0 Å². The predicted molar refractivity (Wildman–Crippen MR) is 88.6 cm³/mol. The van der Waals surface area contributed by atoms with Crippen molar-refractivity contribution in [2.24, 2.45) is 17.6 Å². The molecule has 4 nitrogen and oxygen atoms in total. The summed E-state index contributed by atoms with van der Waals surface area (Å²) in [5.74, 6) is 0. The van der Waals surface area contributed by atoms with Gasteiger partial charge >= 0.3 is 0 Å². The van der Waals surface area contributed by atoms with Crippen LogP contribution in [0.2, 0.25) is 0 Å². The van der Waals surface area contributed by atoms with E-state index in [4.69, 9.17) is 10.1 Å². The molecule has 114 valence electrons. The number of rotatable bonds is 3. The topological polar surface area (TPSA) is 50.3 Å². The molecule has 1 aromatic carbocycles. The van der Waals surface area contributed by atoms with Crippen molar-refractivity contribution in [2.75, 3.05) is 7.11 Å². The number of hydrogen-bond donors (Lipinski definition) is 0. The SMILES string of the molecule is CON=C(c1ccc(-c2ccc(C#N)n2C)cc1)C(C)(C)C. The van der Waals surface area contributed by atoms with Gasteiger partial charge in [-0.3, -0.25) is 0 Å². The van der Waals surface area contributed by atoms with Crippen LogP contribution in [-0.2, 0) is 11.9 Å². The molecule has 0 aliphatic heterocycles. The molecular weight excluding hydrogens is 274 g/mol. The van der Waals surface area contributed by atoms with Crippen molar-refractivity contribution in [1.82, 2.24) is 4.57 Å². The molecule has 1 heterocycles. The zero-order chi connectivity index (χ0) is 16.3. The molecule has 0 N–H and O–H groups in total. The summed E-state index contributed by atoms with van der Waals surface area (Å²) in [6, 6.07) is 14.1. The van der Waals surface area contributed by atoms with Gasteiger partial charge in [-0.2, -0.15) is 5.26 Å². The Labute approximate surface area is 131 Å². The molecular formula is C18H21N3O. The van der Waals surface area contributed by atoms with E-state index in [-0.39, 0.29) is 5.41 Å². The van der Waals surface area contributed by atoms with E-state index in [9.17, 15) is 0 Å². The number of nitrogens with zero attached hydrogens (tertiary/aromatic N) is 3. The summed E-state index contributed by atoms with van der Waals surface area (Å²) in [5.41, 5.74) is 4.58. The van der Waals surface area contributed by atoms with Crippen LogP contribution in [0.25, 0.3) is 11.3 Å². The lowest BCUT2D eigenvalue weighted by molar-refractivity contribution is 0.209. The Bertz CT molecular complexity index is 725. The third kappa shape index (κ3) is 3.04. The van der Waals surface area contributed by atoms with Crippen molar-refractivity contribution in [2.45, 2.75) is 20.8 Å². The molecule has 0 saturated carbocycles. The highest BCUT2D eigenvalue weighted by Crippen LogP contribution is 2.26. The fraction of sp³-hybridized carbons (Fsp3) is 0.333. The molecule has 0 bridgehead atoms. The van der Waals surface area contributed by atoms with E-state index < -0.39 is 0 Å². The minimum Gasteiger partial charge on any atom is -0.399 e. The average molecular weight is 295 g/mol. The van der Waals surface area contributed by atoms with Gasteiger partial charge < -0.3 is 9.40 Å². The second kappa shape index (κ2) is 6.07. The van der Waals surface area contributed by atoms with Crippen LogP contribution in [0.5, 0.6) is 0 Å². The quantitative estimate of drug-likeness (QED) is 0.635. The zero-order valence-electron chi connectivity index (χ0n) is 13.7. The zero-order valence-corrected chi connectivity index (χ0v) is 13.7. The maximum absolute atomic E-state index is 9.04. The first-order chi connectivity index (χ1) is 10.4. The van der Waals surface area contributed by atoms with Crippen molar-refractivity contribution in [3.63, 3.8) is 0 Å². The van der Waals surface area contributed by atoms with Crippen molar-refractivity contribution in [3.8, 4) is 17.3 Å². The van der Waals surface area contributed by atoms with E-state index in [1.165, 1.54) is 0 Å². The number of hydrogen-bond acceptors (Lipinski definition) is 3. The van der Waals surface area contributed by atoms with Crippen LogP contribution in [0.15, 0.2) is 41.6 Å². The Morgan fingerprint density at radius 1 is 1.14 bits per heavy atom. The van der Waals surface area contributed by atoms with Crippen LogP contribution in [0, 0.1) is 16.7 Å². The van der Waals surface area contributed by atoms with Gasteiger partial charge in [0.2, 0.25) is 0 Å². The summed E-state index contributed by atoms with van der Waals surface area (Å²) in [6.07, 6.45) is 0. The Kier molecular flexibility index (Phi) is 4.37. The minimum atomic E-state index is -0.101. The van der Waals surface area contributed by atoms with Crippen LogP contribution >= 0.6 is 0 Å². The summed E-state index contributed by atoms with van der Waals surface area (Å²) < 4.78 is 1.89. The van der Waals surface area contributed by atoms with E-state index >= 15 is 0 Å². The maximum Gasteiger partial charge on any atom is 0.120 e. The van der Waals surface area contributed by atoms with Crippen molar-refractivity contribution < 1.29 is 4.84 Å². The van der Waals surface area contributed by atoms with Gasteiger partial charge in [-0.1, -0.05) is 50.2 Å². The molecule has 22 heavy (non-hydrogen) atoms. The standard InChI is InChI=1S/C18H21N3O/c1-18(2,3)17(20-22-5)14-8-6-13(7-9-14)16-11-10-15(12-19)21(16)4/h6-11H,1-5H3. The summed E-state index contributed by atoms with van der Waals surface area (Å²) in [7, 11) is 3.46. The van der Waals surface area contributed by atoms with Gasteiger partial charge in [0, 0.05) is 18.2 Å². The summed E-state index contributed by atoms with van der Waals surface area (Å²) in [4.78, 5) is 4.98. The number of aromatic nitrogens is 1. The Balaban J connectivity index is 2.40. The molecule has 4 heteroatoms. The largest absolute Gasteiger partial charge is 0.399 e. The van der Waals surface area contributed by atoms with E-state index in [0.29, 0.717) is 5.69 Å². The molecule has 0 saturated heterocycles. The molecule has 0 aliphatic rings. The smallest absolute Gasteiger partial charge is 0.120 e. The predicted octanol–water partition coefficient (Wildman–Crippen LogP) is 3.96. The van der Waals surface area contributed by atoms with E-state index in [2.05, 4.69) is 32.0 Å². The molecule has 0 fully saturated rings. The first-order valence-electron chi connectivity index (χ1n) is 7.16. The van der Waals surface area contributed by atoms with Gasteiger partial charge in [-0.15, -0.1) is 0 Å². The Morgan fingerprint density at radius 2 is 1.77 bits per heavy atom. The first kappa shape index (κ1) is 15.8. The van der Waals surface area contributed by atoms with Crippen molar-refractivity contribution in [1.29, 1.82) is 5.26 Å². The Hall–Kier alpha value is -2.54. The second-order valence-electron chi connectivity index (χ2n) is 6.22. The van der Waals surface area contributed by atoms with Gasteiger partial charge in [0.1, 0.15) is 18.9 Å². The molecule has 2 aromatic rings. The lowest BCUT2D eigenvalue weighted by atomic mass is 9.85. The van der Waals surface area contributed by atoms with E-state index in [1.54, 1.807) is 7.11 Å². The molecule has 2 rings (SSSR count). The molecule has 0 unspecified atom stereocenters. The third-order valence-corrected chi connectivity index (χ3v) is 3.58. The molecule has 1 aromatic heterocycles. The van der Waals surface area contributed by atoms with Crippen molar-refractivity contribution >= 4 is 5.71 Å². The van der Waals surface area contributed by atoms with Crippen LogP contribution in [0.4, 0.5) is 0 Å². The van der Waals surface area contributed by atoms with Crippen molar-refractivity contribution in [3.05, 3.63) is 47.7 Å². The molecule has 0 atom stereocenters. The van der Waals surface area contributed by atoms with Crippen LogP contribution in [0.1, 0.15) is 32.0 Å². The first-order valence-corrected chi connectivity index (χ1v) is 7.16. The van der Waals surface area contributed by atoms with E-state index in [0.717, 1.165) is 22.5 Å². The fourth-order valence-corrected chi connectivity index (χ4v) is 2.43. The summed E-state index contributed by atoms with van der Waals surface area (Å²) >= 11 is 0. The molecule has 0 aliphatic carbocycles. The summed E-state index contributed by atoms with van der Waals surface area (Å²) in [6.45, 7) is 6.32. The second-order valence-corrected chi connectivity index (χ2v) is 6.22. The number of oxime groups is 1. The maximum atomic E-state index is 9.04. The highest BCUT2D eigenvalue weighted by atomic mass is 16.6. The normalized spacial score (nSPS) is 12.1. The van der Waals surface area contributed by atoms with E-state index in [1.807, 2.05) is 48.0 Å². The highest BCUT2D eigenvalue weighted by molar-refractivity contribution is 6.04. The lowest BCUT2D eigenvalue weighted by Crippen LogP contribution is -2.21. The van der Waals surface area contributed by atoms with Gasteiger partial charge in [0.25, 0.3) is 0 Å². The van der Waals surface area contributed by atoms with Crippen LogP contribution in [0.3, 0.4) is 0 Å². The Morgan fingerprint density at radius 3 is 2.23 bits per heavy atom.